The largest absolute Gasteiger partial charge is 0.394 e. The van der Waals surface area contributed by atoms with Crippen molar-refractivity contribution in [1.82, 2.24) is 10.3 Å². The molecule has 0 aliphatic carbocycles. The van der Waals surface area contributed by atoms with Crippen LogP contribution in [0.2, 0.25) is 0 Å². The molecule has 0 saturated carbocycles. The van der Waals surface area contributed by atoms with Crippen molar-refractivity contribution in [2.75, 3.05) is 24.6 Å². The highest BCUT2D eigenvalue weighted by molar-refractivity contribution is 5.44. The molecule has 0 unspecified atom stereocenters. The monoisotopic (exact) mass is 249 g/mol. The highest BCUT2D eigenvalue weighted by Crippen LogP contribution is 2.20. The summed E-state index contributed by atoms with van der Waals surface area (Å²) in [4.78, 5) is 6.44. The second-order valence-corrected chi connectivity index (χ2v) is 5.65. The SMILES string of the molecule is CC(C)(CO)NC1CCN(c2ccncc2)CC1. The normalized spacial score (nSPS) is 18.1. The van der Waals surface area contributed by atoms with Gasteiger partial charge in [-0.05, 0) is 38.8 Å². The lowest BCUT2D eigenvalue weighted by atomic mass is 9.99. The van der Waals surface area contributed by atoms with Gasteiger partial charge in [0.05, 0.1) is 6.61 Å². The molecule has 18 heavy (non-hydrogen) atoms. The van der Waals surface area contributed by atoms with E-state index in [9.17, 15) is 5.11 Å². The van der Waals surface area contributed by atoms with Crippen molar-refractivity contribution in [3.63, 3.8) is 0 Å². The molecule has 2 heterocycles. The zero-order chi connectivity index (χ0) is 13.0. The first-order valence-corrected chi connectivity index (χ1v) is 6.64. The van der Waals surface area contributed by atoms with Crippen LogP contribution >= 0.6 is 0 Å². The van der Waals surface area contributed by atoms with Crippen molar-refractivity contribution in [3.8, 4) is 0 Å². The average molecular weight is 249 g/mol. The van der Waals surface area contributed by atoms with Crippen LogP contribution in [-0.4, -0.2) is 41.4 Å². The number of hydrogen-bond acceptors (Lipinski definition) is 4. The van der Waals surface area contributed by atoms with Gasteiger partial charge in [-0.15, -0.1) is 0 Å². The summed E-state index contributed by atoms with van der Waals surface area (Å²) in [6, 6.07) is 4.63. The van der Waals surface area contributed by atoms with Crippen molar-refractivity contribution in [2.24, 2.45) is 0 Å². The first-order valence-electron chi connectivity index (χ1n) is 6.64. The lowest BCUT2D eigenvalue weighted by Gasteiger charge is -2.37. The summed E-state index contributed by atoms with van der Waals surface area (Å²) >= 11 is 0. The number of nitrogens with zero attached hydrogens (tertiary/aromatic N) is 2. The van der Waals surface area contributed by atoms with Crippen molar-refractivity contribution in [2.45, 2.75) is 38.3 Å². The summed E-state index contributed by atoms with van der Waals surface area (Å²) in [6.07, 6.45) is 5.92. The number of aliphatic hydroxyl groups is 1. The van der Waals surface area contributed by atoms with E-state index in [0.717, 1.165) is 25.9 Å². The van der Waals surface area contributed by atoms with Gasteiger partial charge in [0.25, 0.3) is 0 Å². The quantitative estimate of drug-likeness (QED) is 0.847. The zero-order valence-electron chi connectivity index (χ0n) is 11.3. The predicted molar refractivity (Wildman–Crippen MR) is 73.8 cm³/mol. The maximum Gasteiger partial charge on any atom is 0.0607 e. The summed E-state index contributed by atoms with van der Waals surface area (Å²) in [6.45, 7) is 6.38. The molecule has 1 saturated heterocycles. The van der Waals surface area contributed by atoms with Gasteiger partial charge >= 0.3 is 0 Å². The molecule has 4 nitrogen and oxygen atoms in total. The molecule has 0 spiro atoms. The molecular weight excluding hydrogens is 226 g/mol. The topological polar surface area (TPSA) is 48.4 Å². The van der Waals surface area contributed by atoms with Crippen LogP contribution in [0.15, 0.2) is 24.5 Å². The Labute approximate surface area is 109 Å². The van der Waals surface area contributed by atoms with Gasteiger partial charge in [-0.1, -0.05) is 0 Å². The molecule has 2 N–H and O–H groups in total. The van der Waals surface area contributed by atoms with Crippen LogP contribution < -0.4 is 10.2 Å². The first-order chi connectivity index (χ1) is 8.61. The second kappa shape index (κ2) is 5.67. The Hall–Kier alpha value is -1.13. The van der Waals surface area contributed by atoms with Crippen LogP contribution in [0.25, 0.3) is 0 Å². The molecule has 1 aliphatic heterocycles. The third-order valence-electron chi connectivity index (χ3n) is 3.51. The fourth-order valence-electron chi connectivity index (χ4n) is 2.44. The predicted octanol–water partition coefficient (Wildman–Crippen LogP) is 1.41. The lowest BCUT2D eigenvalue weighted by Crippen LogP contribution is -2.52. The van der Waals surface area contributed by atoms with E-state index in [4.69, 9.17) is 0 Å². The van der Waals surface area contributed by atoms with Crippen LogP contribution in [0.5, 0.6) is 0 Å². The fraction of sp³-hybridized carbons (Fsp3) is 0.643. The molecule has 1 aliphatic rings. The number of hydrogen-bond donors (Lipinski definition) is 2. The van der Waals surface area contributed by atoms with Gasteiger partial charge in [0, 0.05) is 42.8 Å². The number of aromatic nitrogens is 1. The maximum atomic E-state index is 9.27. The Morgan fingerprint density at radius 1 is 1.33 bits per heavy atom. The van der Waals surface area contributed by atoms with Crippen molar-refractivity contribution in [1.29, 1.82) is 0 Å². The smallest absolute Gasteiger partial charge is 0.0607 e. The third-order valence-corrected chi connectivity index (χ3v) is 3.51. The summed E-state index contributed by atoms with van der Waals surface area (Å²) in [5, 5.41) is 12.8. The van der Waals surface area contributed by atoms with Gasteiger partial charge in [-0.2, -0.15) is 0 Å². The molecule has 1 aromatic heterocycles. The number of pyridine rings is 1. The van der Waals surface area contributed by atoms with Crippen LogP contribution in [0.1, 0.15) is 26.7 Å². The van der Waals surface area contributed by atoms with Crippen LogP contribution in [-0.2, 0) is 0 Å². The van der Waals surface area contributed by atoms with E-state index in [1.165, 1.54) is 5.69 Å². The molecule has 0 radical (unpaired) electrons. The highest BCUT2D eigenvalue weighted by atomic mass is 16.3. The number of aliphatic hydroxyl groups excluding tert-OH is 1. The van der Waals surface area contributed by atoms with Crippen LogP contribution in [0.3, 0.4) is 0 Å². The van der Waals surface area contributed by atoms with Gasteiger partial charge < -0.3 is 15.3 Å². The third kappa shape index (κ3) is 3.43. The summed E-state index contributed by atoms with van der Waals surface area (Å²) < 4.78 is 0. The molecule has 0 bridgehead atoms. The first kappa shape index (κ1) is 13.3. The van der Waals surface area contributed by atoms with E-state index in [1.54, 1.807) is 0 Å². The molecule has 1 fully saturated rings. The standard InChI is InChI=1S/C14H23N3O/c1-14(2,11-18)16-12-5-9-17(10-6-12)13-3-7-15-8-4-13/h3-4,7-8,12,16,18H,5-6,9-11H2,1-2H3. The van der Waals surface area contributed by atoms with E-state index in [1.807, 2.05) is 26.2 Å². The molecule has 2 rings (SSSR count). The van der Waals surface area contributed by atoms with Gasteiger partial charge in [0.15, 0.2) is 0 Å². The van der Waals surface area contributed by atoms with Crippen LogP contribution in [0.4, 0.5) is 5.69 Å². The summed E-state index contributed by atoms with van der Waals surface area (Å²) in [5.74, 6) is 0. The van der Waals surface area contributed by atoms with E-state index in [0.29, 0.717) is 6.04 Å². The molecule has 0 atom stereocenters. The Bertz CT molecular complexity index is 359. The number of piperidine rings is 1. The summed E-state index contributed by atoms with van der Waals surface area (Å²) in [5.41, 5.74) is 1.08. The van der Waals surface area contributed by atoms with E-state index in [2.05, 4.69) is 27.3 Å². The Morgan fingerprint density at radius 3 is 2.50 bits per heavy atom. The van der Waals surface area contributed by atoms with Crippen molar-refractivity contribution >= 4 is 5.69 Å². The van der Waals surface area contributed by atoms with E-state index >= 15 is 0 Å². The van der Waals surface area contributed by atoms with Crippen molar-refractivity contribution in [3.05, 3.63) is 24.5 Å². The minimum Gasteiger partial charge on any atom is -0.394 e. The van der Waals surface area contributed by atoms with Gasteiger partial charge in [-0.25, -0.2) is 0 Å². The average Bonchev–Trinajstić information content (AvgIpc) is 2.40. The Balaban J connectivity index is 1.85. The molecule has 100 valence electrons. The summed E-state index contributed by atoms with van der Waals surface area (Å²) in [7, 11) is 0. The number of anilines is 1. The number of nitrogens with one attached hydrogen (secondary N) is 1. The molecule has 4 heteroatoms. The second-order valence-electron chi connectivity index (χ2n) is 5.65. The van der Waals surface area contributed by atoms with Gasteiger partial charge in [0.1, 0.15) is 0 Å². The minimum absolute atomic E-state index is 0.177. The highest BCUT2D eigenvalue weighted by Gasteiger charge is 2.25. The minimum atomic E-state index is -0.177. The van der Waals surface area contributed by atoms with E-state index in [-0.39, 0.29) is 12.1 Å². The lowest BCUT2D eigenvalue weighted by molar-refractivity contribution is 0.168. The maximum absolute atomic E-state index is 9.27. The zero-order valence-corrected chi connectivity index (χ0v) is 11.3. The van der Waals surface area contributed by atoms with Gasteiger partial charge in [0.2, 0.25) is 0 Å². The fourth-order valence-corrected chi connectivity index (χ4v) is 2.44. The number of rotatable bonds is 4. The Kier molecular flexibility index (Phi) is 4.19. The molecule has 0 aromatic carbocycles. The van der Waals surface area contributed by atoms with E-state index < -0.39 is 0 Å². The Morgan fingerprint density at radius 2 is 1.94 bits per heavy atom. The molecular formula is C14H23N3O. The molecule has 0 amide bonds. The van der Waals surface area contributed by atoms with Gasteiger partial charge in [-0.3, -0.25) is 4.98 Å². The van der Waals surface area contributed by atoms with Crippen molar-refractivity contribution < 1.29 is 5.11 Å². The molecule has 1 aromatic rings. The van der Waals surface area contributed by atoms with Crippen LogP contribution in [0, 0.1) is 0 Å².